The summed E-state index contributed by atoms with van der Waals surface area (Å²) in [4.78, 5) is 0.251. The minimum absolute atomic E-state index is 0.251. The molecule has 0 atom stereocenters. The maximum absolute atomic E-state index is 12.6. The summed E-state index contributed by atoms with van der Waals surface area (Å²) in [6.07, 6.45) is 0. The molecule has 0 aliphatic carbocycles. The van der Waals surface area contributed by atoms with Crippen molar-refractivity contribution in [2.24, 2.45) is 0 Å². The summed E-state index contributed by atoms with van der Waals surface area (Å²) < 4.78 is 29.7. The summed E-state index contributed by atoms with van der Waals surface area (Å²) in [7, 11) is -1.93. The van der Waals surface area contributed by atoms with E-state index in [0.29, 0.717) is 5.75 Å². The topological polar surface area (TPSA) is 43.4 Å². The van der Waals surface area contributed by atoms with Crippen LogP contribution in [0.25, 0.3) is 10.8 Å². The van der Waals surface area contributed by atoms with E-state index in [9.17, 15) is 8.42 Å². The summed E-state index contributed by atoms with van der Waals surface area (Å²) in [6, 6.07) is 11.0. The lowest BCUT2D eigenvalue weighted by molar-refractivity contribution is 0.407. The van der Waals surface area contributed by atoms with Crippen LogP contribution in [0.5, 0.6) is 5.75 Å². The Kier molecular flexibility index (Phi) is 3.31. The smallest absolute Gasteiger partial charge is 0.186 e. The standard InChI is InChI=1S/C15H18O3S/c1-15(2,3)19(16,17)13-10-9-11-7-5-6-8-12(11)14(13)18-4/h5-10H,1-4H3. The van der Waals surface area contributed by atoms with E-state index >= 15 is 0 Å². The van der Waals surface area contributed by atoms with Gasteiger partial charge in [0.25, 0.3) is 0 Å². The van der Waals surface area contributed by atoms with Crippen molar-refractivity contribution in [2.45, 2.75) is 30.4 Å². The van der Waals surface area contributed by atoms with Crippen LogP contribution in [-0.4, -0.2) is 20.3 Å². The lowest BCUT2D eigenvalue weighted by Gasteiger charge is -2.21. The molecule has 4 heteroatoms. The second-order valence-corrected chi connectivity index (χ2v) is 8.11. The largest absolute Gasteiger partial charge is 0.495 e. The van der Waals surface area contributed by atoms with Crippen molar-refractivity contribution in [1.29, 1.82) is 0 Å². The highest BCUT2D eigenvalue weighted by molar-refractivity contribution is 7.92. The van der Waals surface area contributed by atoms with Gasteiger partial charge in [-0.15, -0.1) is 0 Å². The fourth-order valence-electron chi connectivity index (χ4n) is 1.98. The molecule has 19 heavy (non-hydrogen) atoms. The second-order valence-electron chi connectivity index (χ2n) is 5.43. The normalized spacial score (nSPS) is 12.6. The molecular formula is C15H18O3S. The third-order valence-electron chi connectivity index (χ3n) is 3.14. The molecule has 0 amide bonds. The van der Waals surface area contributed by atoms with Gasteiger partial charge in [-0.3, -0.25) is 0 Å². The van der Waals surface area contributed by atoms with Crippen LogP contribution in [0.1, 0.15) is 20.8 Å². The van der Waals surface area contributed by atoms with Crippen molar-refractivity contribution < 1.29 is 13.2 Å². The first-order valence-corrected chi connectivity index (χ1v) is 7.58. The number of ether oxygens (including phenoxy) is 1. The Labute approximate surface area is 114 Å². The highest BCUT2D eigenvalue weighted by atomic mass is 32.2. The number of benzene rings is 2. The minimum Gasteiger partial charge on any atom is -0.495 e. The van der Waals surface area contributed by atoms with E-state index in [1.54, 1.807) is 26.8 Å². The highest BCUT2D eigenvalue weighted by Gasteiger charge is 2.33. The number of fused-ring (bicyclic) bond motifs is 1. The fourth-order valence-corrected chi connectivity index (χ4v) is 3.32. The van der Waals surface area contributed by atoms with Gasteiger partial charge >= 0.3 is 0 Å². The molecule has 0 saturated carbocycles. The number of sulfone groups is 1. The number of rotatable bonds is 2. The molecular weight excluding hydrogens is 260 g/mol. The van der Waals surface area contributed by atoms with Gasteiger partial charge in [0.05, 0.1) is 11.9 Å². The Morgan fingerprint density at radius 2 is 1.63 bits per heavy atom. The molecule has 0 fully saturated rings. The van der Waals surface area contributed by atoms with Gasteiger partial charge in [0.2, 0.25) is 0 Å². The van der Waals surface area contributed by atoms with Crippen LogP contribution in [0.2, 0.25) is 0 Å². The Balaban J connectivity index is 2.83. The molecule has 0 saturated heterocycles. The van der Waals surface area contributed by atoms with E-state index in [2.05, 4.69) is 0 Å². The van der Waals surface area contributed by atoms with Crippen LogP contribution < -0.4 is 4.74 Å². The zero-order valence-corrected chi connectivity index (χ0v) is 12.4. The van der Waals surface area contributed by atoms with E-state index < -0.39 is 14.6 Å². The van der Waals surface area contributed by atoms with Crippen LogP contribution in [0, 0.1) is 0 Å². The molecule has 2 aromatic carbocycles. The van der Waals surface area contributed by atoms with E-state index in [0.717, 1.165) is 10.8 Å². The van der Waals surface area contributed by atoms with Crippen molar-refractivity contribution in [2.75, 3.05) is 7.11 Å². The summed E-state index contributed by atoms with van der Waals surface area (Å²) >= 11 is 0. The first-order valence-electron chi connectivity index (χ1n) is 6.09. The van der Waals surface area contributed by atoms with Crippen molar-refractivity contribution in [3.05, 3.63) is 36.4 Å². The van der Waals surface area contributed by atoms with Gasteiger partial charge in [-0.25, -0.2) is 8.42 Å². The van der Waals surface area contributed by atoms with E-state index in [1.165, 1.54) is 7.11 Å². The number of methoxy groups -OCH3 is 1. The molecule has 2 rings (SSSR count). The lowest BCUT2D eigenvalue weighted by atomic mass is 10.1. The molecule has 0 aliphatic heterocycles. The second kappa shape index (κ2) is 4.53. The lowest BCUT2D eigenvalue weighted by Crippen LogP contribution is -2.28. The zero-order chi connectivity index (χ0) is 14.3. The van der Waals surface area contributed by atoms with Gasteiger partial charge in [-0.1, -0.05) is 30.3 Å². The molecule has 0 radical (unpaired) electrons. The van der Waals surface area contributed by atoms with Crippen molar-refractivity contribution in [1.82, 2.24) is 0 Å². The average molecular weight is 278 g/mol. The molecule has 102 valence electrons. The Morgan fingerprint density at radius 3 is 2.21 bits per heavy atom. The summed E-state index contributed by atoms with van der Waals surface area (Å²) in [5.74, 6) is 0.424. The molecule has 0 aromatic heterocycles. The zero-order valence-electron chi connectivity index (χ0n) is 11.6. The molecule has 3 nitrogen and oxygen atoms in total. The van der Waals surface area contributed by atoms with E-state index in [-0.39, 0.29) is 4.90 Å². The number of hydrogen-bond acceptors (Lipinski definition) is 3. The van der Waals surface area contributed by atoms with Crippen LogP contribution in [-0.2, 0) is 9.84 Å². The van der Waals surface area contributed by atoms with Gasteiger partial charge in [0.1, 0.15) is 10.6 Å². The van der Waals surface area contributed by atoms with Crippen LogP contribution in [0.3, 0.4) is 0 Å². The Hall–Kier alpha value is -1.55. The molecule has 0 heterocycles. The molecule has 0 bridgehead atoms. The highest BCUT2D eigenvalue weighted by Crippen LogP contribution is 2.37. The molecule has 2 aromatic rings. The van der Waals surface area contributed by atoms with Crippen LogP contribution in [0.4, 0.5) is 0 Å². The van der Waals surface area contributed by atoms with Gasteiger partial charge in [0.15, 0.2) is 9.84 Å². The maximum atomic E-state index is 12.6. The average Bonchev–Trinajstić information content (AvgIpc) is 2.35. The third kappa shape index (κ3) is 2.21. The maximum Gasteiger partial charge on any atom is 0.186 e. The first-order chi connectivity index (χ1) is 8.79. The predicted octanol–water partition coefficient (Wildman–Crippen LogP) is 3.42. The molecule has 0 aliphatic rings. The van der Waals surface area contributed by atoms with E-state index in [4.69, 9.17) is 4.74 Å². The van der Waals surface area contributed by atoms with E-state index in [1.807, 2.05) is 30.3 Å². The Morgan fingerprint density at radius 1 is 1.00 bits per heavy atom. The van der Waals surface area contributed by atoms with Crippen molar-refractivity contribution in [3.8, 4) is 5.75 Å². The minimum atomic E-state index is -3.44. The van der Waals surface area contributed by atoms with Crippen LogP contribution in [0.15, 0.2) is 41.3 Å². The van der Waals surface area contributed by atoms with Gasteiger partial charge in [-0.05, 0) is 32.2 Å². The predicted molar refractivity (Wildman–Crippen MR) is 77.4 cm³/mol. The summed E-state index contributed by atoms with van der Waals surface area (Å²) in [5, 5.41) is 1.78. The SMILES string of the molecule is COc1c(S(=O)(=O)C(C)(C)C)ccc2ccccc12. The third-order valence-corrected chi connectivity index (χ3v) is 5.66. The van der Waals surface area contributed by atoms with Gasteiger partial charge < -0.3 is 4.74 Å². The summed E-state index contributed by atoms with van der Waals surface area (Å²) in [5.41, 5.74) is 0. The fraction of sp³-hybridized carbons (Fsp3) is 0.333. The summed E-state index contributed by atoms with van der Waals surface area (Å²) in [6.45, 7) is 5.07. The van der Waals surface area contributed by atoms with Gasteiger partial charge in [-0.2, -0.15) is 0 Å². The quantitative estimate of drug-likeness (QED) is 0.845. The monoisotopic (exact) mass is 278 g/mol. The van der Waals surface area contributed by atoms with Crippen molar-refractivity contribution in [3.63, 3.8) is 0 Å². The molecule has 0 N–H and O–H groups in total. The van der Waals surface area contributed by atoms with Gasteiger partial charge in [0, 0.05) is 5.39 Å². The van der Waals surface area contributed by atoms with Crippen molar-refractivity contribution >= 4 is 20.6 Å². The Bertz CT molecular complexity index is 710. The first kappa shape index (κ1) is 13.9. The molecule has 0 spiro atoms. The molecule has 0 unspecified atom stereocenters. The van der Waals surface area contributed by atoms with Crippen LogP contribution >= 0.6 is 0 Å². The number of hydrogen-bond donors (Lipinski definition) is 0.